The molecule has 0 bridgehead atoms. The van der Waals surface area contributed by atoms with Gasteiger partial charge in [-0.05, 0) is 37.3 Å². The first-order valence-corrected chi connectivity index (χ1v) is 10.1. The van der Waals surface area contributed by atoms with E-state index in [1.165, 1.54) is 17.4 Å². The van der Waals surface area contributed by atoms with Gasteiger partial charge in [0, 0.05) is 10.3 Å². The van der Waals surface area contributed by atoms with Gasteiger partial charge in [0.1, 0.15) is 26.6 Å². The number of nitrogens with one attached hydrogen (secondary N) is 1. The number of nitrogens with zero attached hydrogens (tertiary/aromatic N) is 2. The van der Waals surface area contributed by atoms with Gasteiger partial charge in [-0.15, -0.1) is 22.7 Å². The van der Waals surface area contributed by atoms with Crippen LogP contribution >= 0.6 is 22.7 Å². The fraction of sp³-hybridized carbons (Fsp3) is 0.222. The molecule has 0 aliphatic heterocycles. The van der Waals surface area contributed by atoms with Crippen molar-refractivity contribution in [2.75, 3.05) is 16.8 Å². The molecule has 1 aliphatic rings. The van der Waals surface area contributed by atoms with E-state index in [0.717, 1.165) is 41.0 Å². The van der Waals surface area contributed by atoms with Crippen LogP contribution in [0.1, 0.15) is 48.9 Å². The summed E-state index contributed by atoms with van der Waals surface area (Å²) >= 11 is 2.36. The lowest BCUT2D eigenvalue weighted by atomic mass is 9.95. The fourth-order valence-corrected chi connectivity index (χ4v) is 5.61. The van der Waals surface area contributed by atoms with Crippen molar-refractivity contribution in [3.63, 3.8) is 0 Å². The Labute approximate surface area is 167 Å². The number of aryl methyl sites for hydroxylation is 1. The van der Waals surface area contributed by atoms with E-state index in [1.54, 1.807) is 0 Å². The number of fused-ring (bicyclic) bond motifs is 2. The van der Waals surface area contributed by atoms with E-state index >= 15 is 0 Å². The lowest BCUT2D eigenvalue weighted by molar-refractivity contribution is 0.0697. The quantitative estimate of drug-likeness (QED) is 0.513. The van der Waals surface area contributed by atoms with Gasteiger partial charge >= 0.3 is 5.97 Å². The number of hydrogen-bond acceptors (Lipinski definition) is 8. The van der Waals surface area contributed by atoms with Gasteiger partial charge in [0.15, 0.2) is 0 Å². The van der Waals surface area contributed by atoms with E-state index in [0.29, 0.717) is 21.6 Å². The Morgan fingerprint density at radius 1 is 1.25 bits per heavy atom. The van der Waals surface area contributed by atoms with Crippen LogP contribution in [0.25, 0.3) is 10.2 Å². The molecule has 1 amide bonds. The molecule has 1 aliphatic carbocycles. The van der Waals surface area contributed by atoms with Crippen LogP contribution in [0.2, 0.25) is 0 Å². The van der Waals surface area contributed by atoms with E-state index in [1.807, 2.05) is 6.07 Å². The van der Waals surface area contributed by atoms with E-state index in [9.17, 15) is 14.7 Å². The second-order valence-electron chi connectivity index (χ2n) is 6.40. The van der Waals surface area contributed by atoms with Crippen molar-refractivity contribution < 1.29 is 14.7 Å². The summed E-state index contributed by atoms with van der Waals surface area (Å²) in [5.74, 6) is -1.48. The predicted octanol–water partition coefficient (Wildman–Crippen LogP) is 3.22. The number of carbonyl (C=O) groups is 2. The molecule has 3 aromatic rings. The Morgan fingerprint density at radius 2 is 2.00 bits per heavy atom. The van der Waals surface area contributed by atoms with Crippen molar-refractivity contribution in [1.29, 1.82) is 5.26 Å². The van der Waals surface area contributed by atoms with Crippen LogP contribution in [0, 0.1) is 11.3 Å². The number of aromatic nitrogens is 1. The third-order valence-corrected chi connectivity index (χ3v) is 7.01. The highest BCUT2D eigenvalue weighted by Gasteiger charge is 2.27. The molecule has 28 heavy (non-hydrogen) atoms. The molecular weight excluding hydrogens is 398 g/mol. The Morgan fingerprint density at radius 3 is 2.71 bits per heavy atom. The number of carboxylic acid groups (broad SMARTS) is 1. The van der Waals surface area contributed by atoms with Gasteiger partial charge in [0.25, 0.3) is 5.91 Å². The standard InChI is InChI=1S/C18H15N5O3S2/c19-6-7-5-9-12(20)13(28-16(9)22-14(7)21)15(24)23-17-11(18(25)26)8-3-1-2-4-10(8)27-17/h5H,1-4,20H2,(H2,21,22)(H,23,24)(H,25,26). The number of nitrogen functional groups attached to an aromatic ring is 2. The fourth-order valence-electron chi connectivity index (χ4n) is 3.35. The molecule has 142 valence electrons. The minimum absolute atomic E-state index is 0.0716. The van der Waals surface area contributed by atoms with Crippen LogP contribution in [0.5, 0.6) is 0 Å². The Balaban J connectivity index is 1.74. The lowest BCUT2D eigenvalue weighted by Gasteiger charge is -2.10. The zero-order valence-corrected chi connectivity index (χ0v) is 16.2. The molecular formula is C18H15N5O3S2. The monoisotopic (exact) mass is 413 g/mol. The minimum atomic E-state index is -1.05. The van der Waals surface area contributed by atoms with E-state index < -0.39 is 11.9 Å². The zero-order chi connectivity index (χ0) is 20.0. The second kappa shape index (κ2) is 6.78. The summed E-state index contributed by atoms with van der Waals surface area (Å²) in [4.78, 5) is 30.4. The molecule has 0 unspecified atom stereocenters. The molecule has 0 spiro atoms. The maximum atomic E-state index is 12.8. The van der Waals surface area contributed by atoms with Gasteiger partial charge in [0.2, 0.25) is 0 Å². The van der Waals surface area contributed by atoms with Crippen molar-refractivity contribution in [2.45, 2.75) is 25.7 Å². The molecule has 3 heterocycles. The third kappa shape index (κ3) is 2.85. The number of nitrogens with two attached hydrogens (primary N) is 2. The number of hydrogen-bond donors (Lipinski definition) is 4. The number of carboxylic acids is 1. The number of amides is 1. The van der Waals surface area contributed by atoms with Gasteiger partial charge in [-0.3, -0.25) is 4.79 Å². The van der Waals surface area contributed by atoms with Crippen molar-refractivity contribution in [1.82, 2.24) is 4.98 Å². The van der Waals surface area contributed by atoms with E-state index in [2.05, 4.69) is 10.3 Å². The Hall–Kier alpha value is -3.16. The molecule has 10 heteroatoms. The number of aromatic carboxylic acids is 1. The Bertz CT molecular complexity index is 1190. The van der Waals surface area contributed by atoms with Gasteiger partial charge in [0.05, 0.1) is 16.8 Å². The van der Waals surface area contributed by atoms with Crippen molar-refractivity contribution in [3.05, 3.63) is 32.5 Å². The first-order valence-electron chi connectivity index (χ1n) is 8.48. The van der Waals surface area contributed by atoms with Crippen LogP contribution in [0.15, 0.2) is 6.07 Å². The van der Waals surface area contributed by atoms with Crippen LogP contribution in [0.3, 0.4) is 0 Å². The van der Waals surface area contributed by atoms with Gasteiger partial charge < -0.3 is 21.9 Å². The van der Waals surface area contributed by atoms with E-state index in [-0.39, 0.29) is 27.5 Å². The van der Waals surface area contributed by atoms with Crippen molar-refractivity contribution in [3.8, 4) is 6.07 Å². The lowest BCUT2D eigenvalue weighted by Crippen LogP contribution is -2.14. The normalized spacial score (nSPS) is 13.1. The molecule has 0 atom stereocenters. The average molecular weight is 413 g/mol. The van der Waals surface area contributed by atoms with Crippen molar-refractivity contribution in [2.24, 2.45) is 0 Å². The number of carbonyl (C=O) groups excluding carboxylic acids is 1. The zero-order valence-electron chi connectivity index (χ0n) is 14.5. The summed E-state index contributed by atoms with van der Waals surface area (Å²) in [7, 11) is 0. The number of pyridine rings is 1. The van der Waals surface area contributed by atoms with Crippen LogP contribution in [0.4, 0.5) is 16.5 Å². The summed E-state index contributed by atoms with van der Waals surface area (Å²) in [5, 5.41) is 22.2. The second-order valence-corrected chi connectivity index (χ2v) is 8.51. The summed E-state index contributed by atoms with van der Waals surface area (Å²) in [6.45, 7) is 0. The molecule has 0 saturated heterocycles. The van der Waals surface area contributed by atoms with Crippen LogP contribution in [-0.2, 0) is 12.8 Å². The van der Waals surface area contributed by atoms with Gasteiger partial charge in [-0.1, -0.05) is 0 Å². The number of thiophene rings is 2. The van der Waals surface area contributed by atoms with Gasteiger partial charge in [-0.25, -0.2) is 9.78 Å². The van der Waals surface area contributed by atoms with Crippen LogP contribution in [-0.4, -0.2) is 22.0 Å². The molecule has 8 nitrogen and oxygen atoms in total. The first-order chi connectivity index (χ1) is 13.4. The van der Waals surface area contributed by atoms with Crippen LogP contribution < -0.4 is 16.8 Å². The molecule has 4 rings (SSSR count). The molecule has 0 saturated carbocycles. The van der Waals surface area contributed by atoms with Crippen molar-refractivity contribution >= 4 is 61.3 Å². The summed E-state index contributed by atoms with van der Waals surface area (Å²) in [5.41, 5.74) is 13.2. The molecule has 0 fully saturated rings. The number of anilines is 3. The summed E-state index contributed by atoms with van der Waals surface area (Å²) in [6.07, 6.45) is 3.47. The molecule has 0 radical (unpaired) electrons. The largest absolute Gasteiger partial charge is 0.478 e. The maximum absolute atomic E-state index is 12.8. The minimum Gasteiger partial charge on any atom is -0.478 e. The highest BCUT2D eigenvalue weighted by molar-refractivity contribution is 7.21. The predicted molar refractivity (Wildman–Crippen MR) is 109 cm³/mol. The highest BCUT2D eigenvalue weighted by Crippen LogP contribution is 2.40. The molecule has 0 aromatic carbocycles. The summed E-state index contributed by atoms with van der Waals surface area (Å²) < 4.78 is 0. The molecule has 3 aromatic heterocycles. The number of nitriles is 1. The first kappa shape index (κ1) is 18.2. The average Bonchev–Trinajstić information content (AvgIpc) is 3.18. The van der Waals surface area contributed by atoms with E-state index in [4.69, 9.17) is 16.7 Å². The molecule has 6 N–H and O–H groups in total. The number of rotatable bonds is 3. The summed E-state index contributed by atoms with van der Waals surface area (Å²) in [6, 6.07) is 3.44. The smallest absolute Gasteiger partial charge is 0.339 e. The highest BCUT2D eigenvalue weighted by atomic mass is 32.1. The van der Waals surface area contributed by atoms with Gasteiger partial charge in [-0.2, -0.15) is 5.26 Å². The SMILES string of the molecule is N#Cc1cc2c(N)c(C(=O)Nc3sc4c(c3C(=O)O)CCCC4)sc2nc1N. The Kier molecular flexibility index (Phi) is 4.41. The third-order valence-electron chi connectivity index (χ3n) is 4.69. The topological polar surface area (TPSA) is 155 Å². The maximum Gasteiger partial charge on any atom is 0.339 e.